The van der Waals surface area contributed by atoms with E-state index in [-0.39, 0.29) is 17.6 Å². The minimum atomic E-state index is -0.277. The van der Waals surface area contributed by atoms with E-state index in [1.54, 1.807) is 10.9 Å². The molecule has 0 atom stereocenters. The van der Waals surface area contributed by atoms with Crippen LogP contribution in [0.5, 0.6) is 0 Å². The first-order chi connectivity index (χ1) is 7.66. The lowest BCUT2D eigenvalue weighted by atomic mass is 10.2. The minimum Gasteiger partial charge on any atom is -0.376 e. The number of nitrogens with one attached hydrogen (secondary N) is 1. The van der Waals surface area contributed by atoms with Gasteiger partial charge in [-0.2, -0.15) is 5.10 Å². The van der Waals surface area contributed by atoms with Crippen molar-refractivity contribution in [2.45, 2.75) is 6.54 Å². The summed E-state index contributed by atoms with van der Waals surface area (Å²) in [6.45, 7) is 0.102. The Kier molecular flexibility index (Phi) is 2.82. The summed E-state index contributed by atoms with van der Waals surface area (Å²) in [7, 11) is 0. The fraction of sp³-hybridized carbons (Fsp3) is 0.100. The van der Waals surface area contributed by atoms with Gasteiger partial charge in [0.15, 0.2) is 5.11 Å². The lowest BCUT2D eigenvalue weighted by Crippen LogP contribution is -2.37. The number of para-hydroxylation sites is 1. The number of thiocarbonyl (C=S) groups is 1. The van der Waals surface area contributed by atoms with Crippen LogP contribution in [0.25, 0.3) is 10.9 Å². The Morgan fingerprint density at radius 3 is 3.00 bits per heavy atom. The monoisotopic (exact) mass is 234 g/mol. The number of aromatic nitrogens is 2. The molecule has 5 nitrogen and oxygen atoms in total. The number of carbonyl (C=O) groups excluding carboxylic acids is 1. The topological polar surface area (TPSA) is 72.9 Å². The van der Waals surface area contributed by atoms with Gasteiger partial charge in [-0.05, 0) is 18.3 Å². The average Bonchev–Trinajstić information content (AvgIpc) is 2.61. The fourth-order valence-electron chi connectivity index (χ4n) is 1.46. The van der Waals surface area contributed by atoms with Crippen molar-refractivity contribution >= 4 is 34.1 Å². The second kappa shape index (κ2) is 4.28. The third-order valence-corrected chi connectivity index (χ3v) is 2.21. The molecule has 2 aromatic rings. The summed E-state index contributed by atoms with van der Waals surface area (Å²) in [4.78, 5) is 11.4. The van der Waals surface area contributed by atoms with Crippen LogP contribution in [0.3, 0.4) is 0 Å². The summed E-state index contributed by atoms with van der Waals surface area (Å²) >= 11 is 4.58. The van der Waals surface area contributed by atoms with Gasteiger partial charge in [-0.1, -0.05) is 18.2 Å². The standard InChI is InChI=1S/C10H10N4OS/c11-10(16)13-9(15)6-14-8-4-2-1-3-7(8)5-12-14/h1-5H,6H2,(H3,11,13,15,16). The lowest BCUT2D eigenvalue weighted by molar-refractivity contribution is -0.120. The SMILES string of the molecule is NC(=S)NC(=O)Cn1ncc2ccccc21. The van der Waals surface area contributed by atoms with E-state index in [1.165, 1.54) is 0 Å². The van der Waals surface area contributed by atoms with Crippen molar-refractivity contribution < 1.29 is 4.79 Å². The minimum absolute atomic E-state index is 0.0264. The van der Waals surface area contributed by atoms with E-state index in [9.17, 15) is 4.79 Å². The number of nitrogens with two attached hydrogens (primary N) is 1. The molecule has 1 heterocycles. The molecule has 0 aliphatic carbocycles. The predicted octanol–water partition coefficient (Wildman–Crippen LogP) is 0.396. The van der Waals surface area contributed by atoms with E-state index in [0.29, 0.717) is 0 Å². The molecule has 0 bridgehead atoms. The highest BCUT2D eigenvalue weighted by molar-refractivity contribution is 7.80. The molecule has 2 rings (SSSR count). The second-order valence-corrected chi connectivity index (χ2v) is 3.71. The van der Waals surface area contributed by atoms with E-state index < -0.39 is 0 Å². The van der Waals surface area contributed by atoms with Crippen molar-refractivity contribution in [1.29, 1.82) is 0 Å². The van der Waals surface area contributed by atoms with Crippen LogP contribution in [0.4, 0.5) is 0 Å². The van der Waals surface area contributed by atoms with Crippen LogP contribution in [-0.4, -0.2) is 20.8 Å². The van der Waals surface area contributed by atoms with Gasteiger partial charge < -0.3 is 11.1 Å². The van der Waals surface area contributed by atoms with Gasteiger partial charge in [0.05, 0.1) is 11.7 Å². The zero-order valence-electron chi connectivity index (χ0n) is 8.38. The van der Waals surface area contributed by atoms with E-state index in [0.717, 1.165) is 10.9 Å². The lowest BCUT2D eigenvalue weighted by Gasteiger charge is -2.03. The summed E-state index contributed by atoms with van der Waals surface area (Å²) < 4.78 is 1.60. The van der Waals surface area contributed by atoms with Crippen molar-refractivity contribution in [2.75, 3.05) is 0 Å². The molecule has 3 N–H and O–H groups in total. The van der Waals surface area contributed by atoms with Gasteiger partial charge in [0, 0.05) is 5.39 Å². The molecule has 0 aliphatic heterocycles. The quantitative estimate of drug-likeness (QED) is 0.738. The van der Waals surface area contributed by atoms with Crippen molar-refractivity contribution in [1.82, 2.24) is 15.1 Å². The van der Waals surface area contributed by atoms with Gasteiger partial charge >= 0.3 is 0 Å². The zero-order valence-corrected chi connectivity index (χ0v) is 9.20. The number of hydrogen-bond donors (Lipinski definition) is 2. The molecular weight excluding hydrogens is 224 g/mol. The highest BCUT2D eigenvalue weighted by Gasteiger charge is 2.07. The van der Waals surface area contributed by atoms with Crippen LogP contribution in [0.1, 0.15) is 0 Å². The Morgan fingerprint density at radius 1 is 1.50 bits per heavy atom. The number of hydrogen-bond acceptors (Lipinski definition) is 3. The number of rotatable bonds is 2. The first-order valence-corrected chi connectivity index (χ1v) is 5.07. The van der Waals surface area contributed by atoms with Gasteiger partial charge in [0.2, 0.25) is 5.91 Å². The molecule has 0 radical (unpaired) electrons. The molecule has 1 aromatic carbocycles. The summed E-state index contributed by atoms with van der Waals surface area (Å²) in [5.74, 6) is -0.277. The number of amides is 1. The first kappa shape index (κ1) is 10.6. The van der Waals surface area contributed by atoms with Gasteiger partial charge in [-0.25, -0.2) is 0 Å². The average molecular weight is 234 g/mol. The third kappa shape index (κ3) is 2.17. The largest absolute Gasteiger partial charge is 0.376 e. The number of benzene rings is 1. The van der Waals surface area contributed by atoms with E-state index >= 15 is 0 Å². The molecule has 6 heteroatoms. The fourth-order valence-corrected chi connectivity index (χ4v) is 1.58. The Labute approximate surface area is 97.2 Å². The van der Waals surface area contributed by atoms with Gasteiger partial charge in [-0.3, -0.25) is 9.48 Å². The maximum Gasteiger partial charge on any atom is 0.247 e. The van der Waals surface area contributed by atoms with Crippen LogP contribution in [0.15, 0.2) is 30.5 Å². The first-order valence-electron chi connectivity index (χ1n) is 4.66. The van der Waals surface area contributed by atoms with E-state index in [4.69, 9.17) is 5.73 Å². The Balaban J connectivity index is 2.21. The maximum atomic E-state index is 11.4. The molecule has 0 saturated carbocycles. The van der Waals surface area contributed by atoms with Crippen LogP contribution < -0.4 is 11.1 Å². The number of nitrogens with zero attached hydrogens (tertiary/aromatic N) is 2. The van der Waals surface area contributed by atoms with E-state index in [1.807, 2.05) is 24.3 Å². The maximum absolute atomic E-state index is 11.4. The molecular formula is C10H10N4OS. The van der Waals surface area contributed by atoms with Gasteiger partial charge in [0.25, 0.3) is 0 Å². The predicted molar refractivity (Wildman–Crippen MR) is 64.7 cm³/mol. The normalized spacial score (nSPS) is 10.2. The third-order valence-electron chi connectivity index (χ3n) is 2.11. The van der Waals surface area contributed by atoms with Crippen molar-refractivity contribution in [2.24, 2.45) is 5.73 Å². The number of carbonyl (C=O) groups is 1. The van der Waals surface area contributed by atoms with E-state index in [2.05, 4.69) is 22.6 Å². The summed E-state index contributed by atoms with van der Waals surface area (Å²) in [6, 6.07) is 7.65. The summed E-state index contributed by atoms with van der Waals surface area (Å²) in [5, 5.41) is 7.43. The van der Waals surface area contributed by atoms with Crippen LogP contribution in [-0.2, 0) is 11.3 Å². The molecule has 0 spiro atoms. The molecule has 16 heavy (non-hydrogen) atoms. The molecule has 0 unspecified atom stereocenters. The molecule has 1 aromatic heterocycles. The summed E-state index contributed by atoms with van der Waals surface area (Å²) in [5.41, 5.74) is 6.11. The van der Waals surface area contributed by atoms with Crippen LogP contribution in [0, 0.1) is 0 Å². The smallest absolute Gasteiger partial charge is 0.247 e. The molecule has 0 fully saturated rings. The Bertz CT molecular complexity index is 548. The van der Waals surface area contributed by atoms with Crippen molar-refractivity contribution in [3.05, 3.63) is 30.5 Å². The number of fused-ring (bicyclic) bond motifs is 1. The zero-order chi connectivity index (χ0) is 11.5. The molecule has 0 aliphatic rings. The van der Waals surface area contributed by atoms with Crippen molar-refractivity contribution in [3.63, 3.8) is 0 Å². The second-order valence-electron chi connectivity index (χ2n) is 3.27. The Morgan fingerprint density at radius 2 is 2.25 bits per heavy atom. The molecule has 0 saturated heterocycles. The highest BCUT2D eigenvalue weighted by atomic mass is 32.1. The summed E-state index contributed by atoms with van der Waals surface area (Å²) in [6.07, 6.45) is 1.71. The highest BCUT2D eigenvalue weighted by Crippen LogP contribution is 2.11. The van der Waals surface area contributed by atoms with Crippen LogP contribution >= 0.6 is 12.2 Å². The van der Waals surface area contributed by atoms with Gasteiger partial charge in [0.1, 0.15) is 6.54 Å². The van der Waals surface area contributed by atoms with Crippen molar-refractivity contribution in [3.8, 4) is 0 Å². The van der Waals surface area contributed by atoms with Crippen LogP contribution in [0.2, 0.25) is 0 Å². The molecule has 82 valence electrons. The molecule has 1 amide bonds. The Hall–Kier alpha value is -1.95. The van der Waals surface area contributed by atoms with Gasteiger partial charge in [-0.15, -0.1) is 0 Å².